The molecule has 3 rings (SSSR count). The largest absolute Gasteiger partial charge is 0.383 e. The minimum absolute atomic E-state index is 0.0150. The number of hydrogen-bond acceptors (Lipinski definition) is 5. The molecule has 1 unspecified atom stereocenters. The smallest absolute Gasteiger partial charge is 0.270 e. The molecule has 8 heteroatoms. The van der Waals surface area contributed by atoms with Crippen molar-refractivity contribution >= 4 is 15.7 Å². The van der Waals surface area contributed by atoms with Crippen molar-refractivity contribution in [3.05, 3.63) is 69.8 Å². The van der Waals surface area contributed by atoms with Gasteiger partial charge in [0.05, 0.1) is 9.82 Å². The number of nitrogens with zero attached hydrogens (tertiary/aromatic N) is 1. The summed E-state index contributed by atoms with van der Waals surface area (Å²) in [5.74, 6) is -0.0150. The van der Waals surface area contributed by atoms with E-state index in [4.69, 9.17) is 0 Å². The molecule has 0 radical (unpaired) electrons. The Kier molecular flexibility index (Phi) is 4.83. The summed E-state index contributed by atoms with van der Waals surface area (Å²) in [6, 6.07) is 12.7. The lowest BCUT2D eigenvalue weighted by atomic mass is 9.89. The minimum Gasteiger partial charge on any atom is -0.383 e. The zero-order chi connectivity index (χ0) is 18.9. The summed E-state index contributed by atoms with van der Waals surface area (Å²) >= 11 is 0. The predicted molar refractivity (Wildman–Crippen MR) is 96.1 cm³/mol. The van der Waals surface area contributed by atoms with Gasteiger partial charge in [0.15, 0.2) is 0 Å². The topological polar surface area (TPSA) is 110 Å². The van der Waals surface area contributed by atoms with Crippen LogP contribution in [-0.4, -0.2) is 25.0 Å². The maximum atomic E-state index is 12.7. The second-order valence-electron chi connectivity index (χ2n) is 6.60. The number of nitrogens with one attached hydrogen (secondary N) is 1. The van der Waals surface area contributed by atoms with Crippen molar-refractivity contribution in [3.63, 3.8) is 0 Å². The lowest BCUT2D eigenvalue weighted by Crippen LogP contribution is -2.42. The fraction of sp³-hybridized carbons (Fsp3) is 0.333. The first-order chi connectivity index (χ1) is 12.2. The van der Waals surface area contributed by atoms with Crippen molar-refractivity contribution in [2.24, 2.45) is 5.92 Å². The molecule has 2 N–H and O–H groups in total. The highest BCUT2D eigenvalue weighted by molar-refractivity contribution is 7.89. The van der Waals surface area contributed by atoms with Crippen LogP contribution in [0.2, 0.25) is 0 Å². The molecule has 1 atom stereocenters. The summed E-state index contributed by atoms with van der Waals surface area (Å²) in [4.78, 5) is 10.2. The fourth-order valence-electron chi connectivity index (χ4n) is 3.04. The first-order valence-corrected chi connectivity index (χ1v) is 9.75. The van der Waals surface area contributed by atoms with E-state index in [2.05, 4.69) is 4.72 Å². The van der Waals surface area contributed by atoms with E-state index in [1.807, 2.05) is 6.07 Å². The molecule has 0 heterocycles. The quantitative estimate of drug-likeness (QED) is 0.570. The van der Waals surface area contributed by atoms with Gasteiger partial charge in [0, 0.05) is 18.7 Å². The number of aliphatic hydroxyl groups is 1. The van der Waals surface area contributed by atoms with Crippen LogP contribution >= 0.6 is 0 Å². The lowest BCUT2D eigenvalue weighted by molar-refractivity contribution is -0.385. The number of sulfonamides is 1. The van der Waals surface area contributed by atoms with Crippen LogP contribution in [0.4, 0.5) is 5.69 Å². The summed E-state index contributed by atoms with van der Waals surface area (Å²) < 4.78 is 27.9. The van der Waals surface area contributed by atoms with Gasteiger partial charge >= 0.3 is 0 Å². The Hall–Kier alpha value is -2.29. The average molecular weight is 376 g/mol. The molecular weight excluding hydrogens is 356 g/mol. The van der Waals surface area contributed by atoms with Gasteiger partial charge in [0.1, 0.15) is 5.60 Å². The summed E-state index contributed by atoms with van der Waals surface area (Å²) in [5.41, 5.74) is -0.543. The number of hydrogen-bond donors (Lipinski definition) is 2. The van der Waals surface area contributed by atoms with Crippen LogP contribution in [0.1, 0.15) is 24.0 Å². The van der Waals surface area contributed by atoms with Gasteiger partial charge in [-0.25, -0.2) is 13.1 Å². The van der Waals surface area contributed by atoms with E-state index in [-0.39, 0.29) is 23.0 Å². The molecule has 2 aromatic carbocycles. The fourth-order valence-corrected chi connectivity index (χ4v) is 4.38. The number of nitro benzene ring substituents is 1. The van der Waals surface area contributed by atoms with Gasteiger partial charge in [-0.2, -0.15) is 0 Å². The molecule has 0 bridgehead atoms. The number of rotatable bonds is 7. The molecule has 1 aliphatic carbocycles. The Labute approximate surface area is 151 Å². The van der Waals surface area contributed by atoms with E-state index in [1.54, 1.807) is 31.2 Å². The Balaban J connectivity index is 1.88. The molecule has 0 aromatic heterocycles. The molecule has 1 aliphatic rings. The van der Waals surface area contributed by atoms with E-state index in [0.29, 0.717) is 11.1 Å². The zero-order valence-electron chi connectivity index (χ0n) is 14.3. The van der Waals surface area contributed by atoms with Crippen LogP contribution in [0.5, 0.6) is 0 Å². The van der Waals surface area contributed by atoms with Crippen LogP contribution in [0.15, 0.2) is 53.4 Å². The van der Waals surface area contributed by atoms with Gasteiger partial charge in [-0.15, -0.1) is 0 Å². The molecule has 7 nitrogen and oxygen atoms in total. The highest BCUT2D eigenvalue weighted by Gasteiger charge is 2.45. The third kappa shape index (κ3) is 3.62. The van der Waals surface area contributed by atoms with Crippen LogP contribution in [0, 0.1) is 23.0 Å². The maximum absolute atomic E-state index is 12.7. The van der Waals surface area contributed by atoms with E-state index < -0.39 is 20.5 Å². The summed E-state index contributed by atoms with van der Waals surface area (Å²) in [6.07, 6.45) is 1.64. The number of benzene rings is 2. The van der Waals surface area contributed by atoms with Crippen LogP contribution in [0.3, 0.4) is 0 Å². The van der Waals surface area contributed by atoms with Crippen LogP contribution < -0.4 is 4.72 Å². The number of aryl methyl sites for hydroxylation is 1. The van der Waals surface area contributed by atoms with Crippen molar-refractivity contribution in [3.8, 4) is 0 Å². The first-order valence-electron chi connectivity index (χ1n) is 8.26. The molecule has 0 saturated heterocycles. The molecule has 1 saturated carbocycles. The highest BCUT2D eigenvalue weighted by Crippen LogP contribution is 2.45. The highest BCUT2D eigenvalue weighted by atomic mass is 32.2. The minimum atomic E-state index is -4.01. The second-order valence-corrected chi connectivity index (χ2v) is 8.33. The molecule has 2 aromatic rings. The van der Waals surface area contributed by atoms with Crippen molar-refractivity contribution in [2.75, 3.05) is 6.54 Å². The molecular formula is C18H20N2O5S. The number of nitro groups is 1. The van der Waals surface area contributed by atoms with Gasteiger partial charge in [0.2, 0.25) is 10.0 Å². The molecule has 0 amide bonds. The van der Waals surface area contributed by atoms with Gasteiger partial charge < -0.3 is 5.11 Å². The molecule has 138 valence electrons. The molecule has 0 aliphatic heterocycles. The Morgan fingerprint density at radius 1 is 1.23 bits per heavy atom. The standard InChI is InChI=1S/C18H20N2O5S/c1-13-7-10-16(20(22)23)11-17(13)26(24,25)19-12-18(21,15-8-9-15)14-5-3-2-4-6-14/h2-7,10-11,15,19,21H,8-9,12H2,1H3. The van der Waals surface area contributed by atoms with Gasteiger partial charge in [0.25, 0.3) is 5.69 Å². The van der Waals surface area contributed by atoms with E-state index in [9.17, 15) is 23.6 Å². The van der Waals surface area contributed by atoms with E-state index in [0.717, 1.165) is 18.9 Å². The van der Waals surface area contributed by atoms with Gasteiger partial charge in [-0.1, -0.05) is 36.4 Å². The van der Waals surface area contributed by atoms with Crippen LogP contribution in [-0.2, 0) is 15.6 Å². The van der Waals surface area contributed by atoms with Crippen molar-refractivity contribution in [1.82, 2.24) is 4.72 Å². The third-order valence-corrected chi connectivity index (χ3v) is 6.27. The van der Waals surface area contributed by atoms with Gasteiger partial charge in [-0.05, 0) is 36.8 Å². The number of non-ortho nitro benzene ring substituents is 1. The van der Waals surface area contributed by atoms with E-state index >= 15 is 0 Å². The molecule has 1 fully saturated rings. The summed E-state index contributed by atoms with van der Waals surface area (Å²) in [6.45, 7) is 1.38. The predicted octanol–water partition coefficient (Wildman–Crippen LogP) is 2.48. The average Bonchev–Trinajstić information content (AvgIpc) is 3.46. The Morgan fingerprint density at radius 2 is 1.88 bits per heavy atom. The van der Waals surface area contributed by atoms with Crippen LogP contribution in [0.25, 0.3) is 0 Å². The monoisotopic (exact) mass is 376 g/mol. The van der Waals surface area contributed by atoms with Crippen molar-refractivity contribution < 1.29 is 18.4 Å². The molecule has 0 spiro atoms. The Morgan fingerprint density at radius 3 is 2.46 bits per heavy atom. The Bertz CT molecular complexity index is 926. The van der Waals surface area contributed by atoms with Crippen molar-refractivity contribution in [2.45, 2.75) is 30.3 Å². The molecule has 26 heavy (non-hydrogen) atoms. The summed E-state index contributed by atoms with van der Waals surface area (Å²) in [7, 11) is -4.01. The lowest BCUT2D eigenvalue weighted by Gasteiger charge is -2.29. The normalized spacial score (nSPS) is 16.8. The SMILES string of the molecule is Cc1ccc([N+](=O)[O-])cc1S(=O)(=O)NCC(O)(c1ccccc1)C1CC1. The van der Waals surface area contributed by atoms with E-state index in [1.165, 1.54) is 12.1 Å². The second kappa shape index (κ2) is 6.79. The first kappa shape index (κ1) is 18.5. The maximum Gasteiger partial charge on any atom is 0.270 e. The van der Waals surface area contributed by atoms with Gasteiger partial charge in [-0.3, -0.25) is 10.1 Å². The zero-order valence-corrected chi connectivity index (χ0v) is 15.1. The summed E-state index contributed by atoms with van der Waals surface area (Å²) in [5, 5.41) is 22.1. The van der Waals surface area contributed by atoms with Crippen molar-refractivity contribution in [1.29, 1.82) is 0 Å². The third-order valence-electron chi connectivity index (χ3n) is 4.73.